The Labute approximate surface area is 164 Å². The van der Waals surface area contributed by atoms with Crippen molar-refractivity contribution in [3.63, 3.8) is 0 Å². The van der Waals surface area contributed by atoms with Crippen molar-refractivity contribution in [2.75, 3.05) is 7.11 Å². The molecular formula is C22H23N3O3. The van der Waals surface area contributed by atoms with E-state index in [1.165, 1.54) is 7.11 Å². The van der Waals surface area contributed by atoms with Gasteiger partial charge in [-0.15, -0.1) is 0 Å². The molecule has 3 rings (SSSR count). The Morgan fingerprint density at radius 1 is 0.929 bits per heavy atom. The van der Waals surface area contributed by atoms with E-state index in [0.29, 0.717) is 11.1 Å². The molecule has 1 unspecified atom stereocenters. The number of nitrogens with one attached hydrogen (secondary N) is 2. The second-order valence-corrected chi connectivity index (χ2v) is 6.43. The maximum absolute atomic E-state index is 12.6. The molecule has 0 aliphatic carbocycles. The minimum Gasteiger partial charge on any atom is -0.367 e. The number of amides is 2. The van der Waals surface area contributed by atoms with Gasteiger partial charge in [0.05, 0.1) is 5.56 Å². The van der Waals surface area contributed by atoms with E-state index in [4.69, 9.17) is 4.74 Å². The quantitative estimate of drug-likeness (QED) is 0.671. The van der Waals surface area contributed by atoms with Crippen LogP contribution in [0.5, 0.6) is 0 Å². The minimum atomic E-state index is -0.807. The standard InChI is InChI=1S/C22H23N3O3/c1-15-14-19(16(2)25(15)18-12-8-5-9-13-18)21(26)23-24-22(27)20(28-3)17-10-6-4-7-11-17/h4-14,20H,1-3H3,(H,23,26)(H,24,27). The summed E-state index contributed by atoms with van der Waals surface area (Å²) in [6, 6.07) is 20.7. The molecule has 0 aliphatic heterocycles. The highest BCUT2D eigenvalue weighted by atomic mass is 16.5. The number of rotatable bonds is 5. The summed E-state index contributed by atoms with van der Waals surface area (Å²) < 4.78 is 7.27. The first-order valence-corrected chi connectivity index (χ1v) is 8.95. The molecule has 0 aliphatic rings. The van der Waals surface area contributed by atoms with Crippen molar-refractivity contribution in [3.8, 4) is 5.69 Å². The summed E-state index contributed by atoms with van der Waals surface area (Å²) in [6.07, 6.45) is -0.807. The molecule has 1 atom stereocenters. The summed E-state index contributed by atoms with van der Waals surface area (Å²) in [4.78, 5) is 25.1. The van der Waals surface area contributed by atoms with Crippen LogP contribution in [0.25, 0.3) is 5.69 Å². The monoisotopic (exact) mass is 377 g/mol. The summed E-state index contributed by atoms with van der Waals surface area (Å²) in [6.45, 7) is 3.81. The summed E-state index contributed by atoms with van der Waals surface area (Å²) in [5.41, 5.74) is 8.84. The molecule has 2 N–H and O–H groups in total. The Morgan fingerprint density at radius 3 is 2.14 bits per heavy atom. The summed E-state index contributed by atoms with van der Waals surface area (Å²) in [5, 5.41) is 0. The molecule has 28 heavy (non-hydrogen) atoms. The van der Waals surface area contributed by atoms with Crippen LogP contribution in [0.3, 0.4) is 0 Å². The number of carbonyl (C=O) groups is 2. The number of hydrogen-bond acceptors (Lipinski definition) is 3. The van der Waals surface area contributed by atoms with E-state index in [-0.39, 0.29) is 5.91 Å². The number of aromatic nitrogens is 1. The Hall–Kier alpha value is -3.38. The molecule has 6 heteroatoms. The number of nitrogens with zero attached hydrogens (tertiary/aromatic N) is 1. The van der Waals surface area contributed by atoms with Crippen molar-refractivity contribution in [2.45, 2.75) is 20.0 Å². The summed E-state index contributed by atoms with van der Waals surface area (Å²) in [7, 11) is 1.45. The van der Waals surface area contributed by atoms with E-state index >= 15 is 0 Å². The van der Waals surface area contributed by atoms with Crippen LogP contribution in [0.1, 0.15) is 33.4 Å². The fourth-order valence-electron chi connectivity index (χ4n) is 3.24. The van der Waals surface area contributed by atoms with Gasteiger partial charge in [0.2, 0.25) is 0 Å². The average molecular weight is 377 g/mol. The molecule has 0 fully saturated rings. The number of ether oxygens (including phenoxy) is 1. The van der Waals surface area contributed by atoms with E-state index < -0.39 is 12.0 Å². The number of benzene rings is 2. The topological polar surface area (TPSA) is 72.4 Å². The first-order valence-electron chi connectivity index (χ1n) is 8.95. The van der Waals surface area contributed by atoms with Crippen LogP contribution < -0.4 is 10.9 Å². The molecule has 0 spiro atoms. The molecule has 6 nitrogen and oxygen atoms in total. The van der Waals surface area contributed by atoms with Crippen LogP contribution in [0.2, 0.25) is 0 Å². The van der Waals surface area contributed by atoms with Gasteiger partial charge in [-0.1, -0.05) is 48.5 Å². The third-order valence-electron chi connectivity index (χ3n) is 4.57. The van der Waals surface area contributed by atoms with Crippen LogP contribution in [0.4, 0.5) is 0 Å². The normalized spacial score (nSPS) is 11.7. The van der Waals surface area contributed by atoms with Gasteiger partial charge in [0.1, 0.15) is 0 Å². The van der Waals surface area contributed by atoms with Gasteiger partial charge in [-0.05, 0) is 37.6 Å². The van der Waals surface area contributed by atoms with Crippen LogP contribution in [-0.2, 0) is 9.53 Å². The first kappa shape index (κ1) is 19.4. The zero-order valence-corrected chi connectivity index (χ0v) is 16.1. The molecule has 0 saturated heterocycles. The zero-order chi connectivity index (χ0) is 20.1. The maximum atomic E-state index is 12.6. The van der Waals surface area contributed by atoms with Crippen molar-refractivity contribution in [2.24, 2.45) is 0 Å². The van der Waals surface area contributed by atoms with Gasteiger partial charge in [-0.3, -0.25) is 20.4 Å². The predicted molar refractivity (Wildman–Crippen MR) is 107 cm³/mol. The largest absolute Gasteiger partial charge is 0.367 e. The number of methoxy groups -OCH3 is 1. The Balaban J connectivity index is 1.73. The predicted octanol–water partition coefficient (Wildman–Crippen LogP) is 3.24. The van der Waals surface area contributed by atoms with E-state index in [1.807, 2.05) is 66.9 Å². The number of para-hydroxylation sites is 1. The van der Waals surface area contributed by atoms with E-state index in [0.717, 1.165) is 17.1 Å². The van der Waals surface area contributed by atoms with Crippen molar-refractivity contribution < 1.29 is 14.3 Å². The molecule has 1 aromatic heterocycles. The fraction of sp³-hybridized carbons (Fsp3) is 0.182. The smallest absolute Gasteiger partial charge is 0.272 e. The lowest BCUT2D eigenvalue weighted by molar-refractivity contribution is -0.132. The fourth-order valence-corrected chi connectivity index (χ4v) is 3.24. The lowest BCUT2D eigenvalue weighted by atomic mass is 10.1. The number of hydrogen-bond donors (Lipinski definition) is 2. The molecule has 3 aromatic rings. The lowest BCUT2D eigenvalue weighted by Gasteiger charge is -2.16. The second kappa shape index (κ2) is 8.54. The maximum Gasteiger partial charge on any atom is 0.272 e. The number of carbonyl (C=O) groups excluding carboxylic acids is 2. The highest BCUT2D eigenvalue weighted by Gasteiger charge is 2.22. The Bertz CT molecular complexity index is 965. The zero-order valence-electron chi connectivity index (χ0n) is 16.1. The molecule has 2 amide bonds. The molecule has 1 heterocycles. The van der Waals surface area contributed by atoms with Crippen LogP contribution in [0.15, 0.2) is 66.7 Å². The summed E-state index contributed by atoms with van der Waals surface area (Å²) in [5.74, 6) is -0.828. The van der Waals surface area contributed by atoms with Crippen LogP contribution in [0, 0.1) is 13.8 Å². The van der Waals surface area contributed by atoms with E-state index in [1.54, 1.807) is 18.2 Å². The Morgan fingerprint density at radius 2 is 1.54 bits per heavy atom. The summed E-state index contributed by atoms with van der Waals surface area (Å²) >= 11 is 0. The molecule has 0 bridgehead atoms. The van der Waals surface area contributed by atoms with Crippen molar-refractivity contribution in [3.05, 3.63) is 89.2 Å². The van der Waals surface area contributed by atoms with Crippen LogP contribution >= 0.6 is 0 Å². The van der Waals surface area contributed by atoms with Gasteiger partial charge in [-0.25, -0.2) is 0 Å². The van der Waals surface area contributed by atoms with Gasteiger partial charge >= 0.3 is 0 Å². The number of hydrazine groups is 1. The van der Waals surface area contributed by atoms with Gasteiger partial charge in [0, 0.05) is 24.2 Å². The molecular weight excluding hydrogens is 354 g/mol. The van der Waals surface area contributed by atoms with Crippen molar-refractivity contribution >= 4 is 11.8 Å². The third-order valence-corrected chi connectivity index (χ3v) is 4.57. The number of aryl methyl sites for hydroxylation is 1. The lowest BCUT2D eigenvalue weighted by Crippen LogP contribution is -2.44. The first-order chi connectivity index (χ1) is 13.5. The van der Waals surface area contributed by atoms with E-state index in [2.05, 4.69) is 10.9 Å². The molecule has 0 radical (unpaired) electrons. The molecule has 2 aromatic carbocycles. The SMILES string of the molecule is COC(C(=O)NNC(=O)c1cc(C)n(-c2ccccc2)c1C)c1ccccc1. The second-order valence-electron chi connectivity index (χ2n) is 6.43. The highest BCUT2D eigenvalue weighted by Crippen LogP contribution is 2.20. The minimum absolute atomic E-state index is 0.383. The Kier molecular flexibility index (Phi) is 5.91. The van der Waals surface area contributed by atoms with Gasteiger partial charge in [0.25, 0.3) is 11.8 Å². The van der Waals surface area contributed by atoms with Crippen molar-refractivity contribution in [1.82, 2.24) is 15.4 Å². The average Bonchev–Trinajstić information content (AvgIpc) is 3.02. The van der Waals surface area contributed by atoms with Crippen LogP contribution in [-0.4, -0.2) is 23.5 Å². The van der Waals surface area contributed by atoms with E-state index in [9.17, 15) is 9.59 Å². The molecule has 0 saturated carbocycles. The van der Waals surface area contributed by atoms with Gasteiger partial charge < -0.3 is 9.30 Å². The molecule has 144 valence electrons. The van der Waals surface area contributed by atoms with Gasteiger partial charge in [0.15, 0.2) is 6.10 Å². The van der Waals surface area contributed by atoms with Gasteiger partial charge in [-0.2, -0.15) is 0 Å². The third kappa shape index (κ3) is 3.97. The van der Waals surface area contributed by atoms with Crippen molar-refractivity contribution in [1.29, 1.82) is 0 Å². The highest BCUT2D eigenvalue weighted by molar-refractivity contribution is 5.97.